The zero-order valence-electron chi connectivity index (χ0n) is 14.1. The molecule has 0 radical (unpaired) electrons. The van der Waals surface area contributed by atoms with Crippen LogP contribution < -0.4 is 10.6 Å². The summed E-state index contributed by atoms with van der Waals surface area (Å²) in [6.45, 7) is 7.99. The number of ether oxygens (including phenoxy) is 1. The van der Waals surface area contributed by atoms with Gasteiger partial charge in [-0.15, -0.1) is 24.0 Å². The van der Waals surface area contributed by atoms with Crippen LogP contribution in [-0.4, -0.2) is 32.2 Å². The predicted octanol–water partition coefficient (Wildman–Crippen LogP) is 3.74. The molecule has 4 nitrogen and oxygen atoms in total. The van der Waals surface area contributed by atoms with Crippen LogP contribution in [0.5, 0.6) is 0 Å². The van der Waals surface area contributed by atoms with Crippen LogP contribution in [0.2, 0.25) is 0 Å². The van der Waals surface area contributed by atoms with E-state index in [0.717, 1.165) is 32.0 Å². The minimum Gasteiger partial charge on any atom is -0.374 e. The van der Waals surface area contributed by atoms with E-state index in [4.69, 9.17) is 4.74 Å². The third-order valence-electron chi connectivity index (χ3n) is 3.47. The van der Waals surface area contributed by atoms with Crippen LogP contribution in [0.25, 0.3) is 0 Å². The lowest BCUT2D eigenvalue weighted by atomic mass is 10.1. The smallest absolute Gasteiger partial charge is 0.191 e. The molecule has 0 aliphatic rings. The second-order valence-corrected chi connectivity index (χ2v) is 5.23. The first-order chi connectivity index (χ1) is 10.2. The molecule has 1 aromatic carbocycles. The number of halogens is 1. The summed E-state index contributed by atoms with van der Waals surface area (Å²) in [5.41, 5.74) is 1.22. The first-order valence-corrected chi connectivity index (χ1v) is 7.81. The molecule has 0 saturated carbocycles. The van der Waals surface area contributed by atoms with Crippen molar-refractivity contribution in [1.82, 2.24) is 10.6 Å². The molecule has 0 aliphatic heterocycles. The van der Waals surface area contributed by atoms with Crippen molar-refractivity contribution in [2.24, 2.45) is 4.99 Å². The third kappa shape index (κ3) is 8.58. The van der Waals surface area contributed by atoms with Gasteiger partial charge in [-0.05, 0) is 32.3 Å². The van der Waals surface area contributed by atoms with E-state index < -0.39 is 0 Å². The van der Waals surface area contributed by atoms with Gasteiger partial charge in [0.25, 0.3) is 0 Å². The summed E-state index contributed by atoms with van der Waals surface area (Å²) in [6, 6.07) is 10.7. The maximum Gasteiger partial charge on any atom is 0.191 e. The van der Waals surface area contributed by atoms with Gasteiger partial charge in [0.1, 0.15) is 0 Å². The molecule has 0 saturated heterocycles. The number of aliphatic imine (C=N–C) groups is 1. The van der Waals surface area contributed by atoms with Crippen molar-refractivity contribution in [3.63, 3.8) is 0 Å². The molecule has 0 aliphatic carbocycles. The minimum atomic E-state index is 0. The summed E-state index contributed by atoms with van der Waals surface area (Å²) < 4.78 is 5.85. The second-order valence-electron chi connectivity index (χ2n) is 5.23. The molecule has 0 heterocycles. The molecule has 1 rings (SSSR count). The molecule has 5 heteroatoms. The standard InChI is InChI=1S/C17H29N3O.HI/c1-5-14(2)20-17(18-4)19-12-9-13-21-15(3)16-10-7-6-8-11-16;/h6-8,10-11,14-15H,5,9,12-13H2,1-4H3,(H2,18,19,20);1H. The van der Waals surface area contributed by atoms with E-state index in [0.29, 0.717) is 6.04 Å². The Bertz CT molecular complexity index is 412. The lowest BCUT2D eigenvalue weighted by Crippen LogP contribution is -2.42. The van der Waals surface area contributed by atoms with Gasteiger partial charge in [-0.1, -0.05) is 37.3 Å². The molecule has 2 atom stereocenters. The molecule has 2 unspecified atom stereocenters. The molecule has 126 valence electrons. The van der Waals surface area contributed by atoms with E-state index >= 15 is 0 Å². The molecule has 2 N–H and O–H groups in total. The van der Waals surface area contributed by atoms with Crippen LogP contribution >= 0.6 is 24.0 Å². The molecule has 0 fully saturated rings. The fourth-order valence-electron chi connectivity index (χ4n) is 1.89. The number of guanidine groups is 1. The van der Waals surface area contributed by atoms with Gasteiger partial charge < -0.3 is 15.4 Å². The Morgan fingerprint density at radius 2 is 1.91 bits per heavy atom. The average molecular weight is 419 g/mol. The summed E-state index contributed by atoms with van der Waals surface area (Å²) in [7, 11) is 1.80. The van der Waals surface area contributed by atoms with E-state index in [1.165, 1.54) is 5.56 Å². The average Bonchev–Trinajstić information content (AvgIpc) is 2.53. The number of hydrogen-bond donors (Lipinski definition) is 2. The van der Waals surface area contributed by atoms with E-state index in [1.54, 1.807) is 7.05 Å². The lowest BCUT2D eigenvalue weighted by Gasteiger charge is -2.17. The maximum atomic E-state index is 5.85. The van der Waals surface area contributed by atoms with Crippen LogP contribution in [0.1, 0.15) is 45.3 Å². The summed E-state index contributed by atoms with van der Waals surface area (Å²) >= 11 is 0. The highest BCUT2D eigenvalue weighted by Crippen LogP contribution is 2.15. The SMILES string of the molecule is CCC(C)NC(=NC)NCCCOC(C)c1ccccc1.I. The Hall–Kier alpha value is -0.820. The van der Waals surface area contributed by atoms with E-state index in [2.05, 4.69) is 48.5 Å². The Labute approximate surface area is 152 Å². The molecular formula is C17H30IN3O. The highest BCUT2D eigenvalue weighted by molar-refractivity contribution is 14.0. The predicted molar refractivity (Wildman–Crippen MR) is 105 cm³/mol. The van der Waals surface area contributed by atoms with Gasteiger partial charge in [0.05, 0.1) is 6.10 Å². The van der Waals surface area contributed by atoms with Crippen molar-refractivity contribution >= 4 is 29.9 Å². The number of nitrogens with one attached hydrogen (secondary N) is 2. The molecular weight excluding hydrogens is 389 g/mol. The Morgan fingerprint density at radius 3 is 2.50 bits per heavy atom. The molecule has 1 aromatic rings. The molecule has 0 amide bonds. The summed E-state index contributed by atoms with van der Waals surface area (Å²) in [5.74, 6) is 0.862. The highest BCUT2D eigenvalue weighted by Gasteiger charge is 2.05. The van der Waals surface area contributed by atoms with Crippen molar-refractivity contribution in [1.29, 1.82) is 0 Å². The summed E-state index contributed by atoms with van der Waals surface area (Å²) in [6.07, 6.45) is 2.18. The van der Waals surface area contributed by atoms with Crippen LogP contribution in [0.15, 0.2) is 35.3 Å². The molecule has 0 bridgehead atoms. The summed E-state index contributed by atoms with van der Waals surface area (Å²) in [4.78, 5) is 4.21. The first kappa shape index (κ1) is 21.2. The Morgan fingerprint density at radius 1 is 1.23 bits per heavy atom. The zero-order chi connectivity index (χ0) is 15.5. The van der Waals surface area contributed by atoms with Gasteiger partial charge in [-0.25, -0.2) is 0 Å². The van der Waals surface area contributed by atoms with Crippen molar-refractivity contribution in [2.75, 3.05) is 20.2 Å². The fraction of sp³-hybridized carbons (Fsp3) is 0.588. The van der Waals surface area contributed by atoms with Gasteiger partial charge in [0.2, 0.25) is 0 Å². The topological polar surface area (TPSA) is 45.7 Å². The highest BCUT2D eigenvalue weighted by atomic mass is 127. The number of nitrogens with zero attached hydrogens (tertiary/aromatic N) is 1. The van der Waals surface area contributed by atoms with Gasteiger partial charge in [-0.3, -0.25) is 4.99 Å². The van der Waals surface area contributed by atoms with Gasteiger partial charge in [0, 0.05) is 26.2 Å². The van der Waals surface area contributed by atoms with E-state index in [1.807, 2.05) is 18.2 Å². The zero-order valence-corrected chi connectivity index (χ0v) is 16.5. The number of rotatable bonds is 8. The number of hydrogen-bond acceptors (Lipinski definition) is 2. The van der Waals surface area contributed by atoms with Crippen molar-refractivity contribution in [3.05, 3.63) is 35.9 Å². The quantitative estimate of drug-likeness (QED) is 0.292. The molecule has 0 aromatic heterocycles. The summed E-state index contributed by atoms with van der Waals surface area (Å²) in [5, 5.41) is 6.65. The Kier molecular flexibility index (Phi) is 12.2. The fourth-order valence-corrected chi connectivity index (χ4v) is 1.89. The van der Waals surface area contributed by atoms with Crippen molar-refractivity contribution < 1.29 is 4.74 Å². The number of benzene rings is 1. The largest absolute Gasteiger partial charge is 0.374 e. The monoisotopic (exact) mass is 419 g/mol. The van der Waals surface area contributed by atoms with Crippen molar-refractivity contribution in [3.8, 4) is 0 Å². The van der Waals surface area contributed by atoms with Crippen LogP contribution in [0, 0.1) is 0 Å². The Balaban J connectivity index is 0.00000441. The lowest BCUT2D eigenvalue weighted by molar-refractivity contribution is 0.0646. The minimum absolute atomic E-state index is 0. The van der Waals surface area contributed by atoms with Crippen LogP contribution in [-0.2, 0) is 4.74 Å². The first-order valence-electron chi connectivity index (χ1n) is 7.81. The molecule has 22 heavy (non-hydrogen) atoms. The van der Waals surface area contributed by atoms with Gasteiger partial charge in [0.15, 0.2) is 5.96 Å². The van der Waals surface area contributed by atoms with Crippen LogP contribution in [0.3, 0.4) is 0 Å². The van der Waals surface area contributed by atoms with E-state index in [-0.39, 0.29) is 30.1 Å². The normalized spacial score (nSPS) is 13.9. The maximum absolute atomic E-state index is 5.85. The van der Waals surface area contributed by atoms with Crippen molar-refractivity contribution in [2.45, 2.75) is 45.8 Å². The third-order valence-corrected chi connectivity index (χ3v) is 3.47. The van der Waals surface area contributed by atoms with Gasteiger partial charge >= 0.3 is 0 Å². The second kappa shape index (κ2) is 12.7. The van der Waals surface area contributed by atoms with E-state index in [9.17, 15) is 0 Å². The van der Waals surface area contributed by atoms with Crippen LogP contribution in [0.4, 0.5) is 0 Å². The molecule has 0 spiro atoms. The van der Waals surface area contributed by atoms with Gasteiger partial charge in [-0.2, -0.15) is 0 Å².